The topological polar surface area (TPSA) is 179 Å². The molecule has 13 heteroatoms. The van der Waals surface area contributed by atoms with E-state index in [9.17, 15) is 23.1 Å². The van der Waals surface area contributed by atoms with Crippen molar-refractivity contribution in [1.82, 2.24) is 19.9 Å². The van der Waals surface area contributed by atoms with Gasteiger partial charge in [0.2, 0.25) is 9.84 Å². The van der Waals surface area contributed by atoms with Gasteiger partial charge in [0.15, 0.2) is 15.7 Å². The maximum Gasteiger partial charge on any atom is 0.416 e. The first-order valence-corrected chi connectivity index (χ1v) is 16.0. The molecule has 0 radical (unpaired) electrons. The monoisotopic (exact) mass is 646 g/mol. The third-order valence-corrected chi connectivity index (χ3v) is 9.06. The normalized spacial score (nSPS) is 14.2. The summed E-state index contributed by atoms with van der Waals surface area (Å²) in [5.41, 5.74) is 6.11. The Hall–Kier alpha value is -4.75. The van der Waals surface area contributed by atoms with Gasteiger partial charge in [0.25, 0.3) is 0 Å². The highest BCUT2D eigenvalue weighted by molar-refractivity contribution is 7.92. The number of rotatable bonds is 9. The third-order valence-electron chi connectivity index (χ3n) is 6.95. The maximum atomic E-state index is 14.3. The highest BCUT2D eigenvalue weighted by Crippen LogP contribution is 2.36. The molecule has 3 aromatic heterocycles. The zero-order chi connectivity index (χ0) is 33.9. The Morgan fingerprint density at radius 1 is 0.870 bits per heavy atom. The summed E-state index contributed by atoms with van der Waals surface area (Å²) in [4.78, 5) is 42.1. The molecule has 3 heterocycles. The minimum atomic E-state index is -4.44. The number of nitrogens with two attached hydrogens (primary N) is 1. The molecule has 0 saturated heterocycles. The number of carboxylic acid groups (broad SMARTS) is 1. The molecule has 0 aliphatic rings. The lowest BCUT2D eigenvalue weighted by Crippen LogP contribution is -2.54. The molecule has 4 rings (SSSR count). The van der Waals surface area contributed by atoms with Crippen LogP contribution in [0.25, 0.3) is 11.4 Å². The molecule has 1 amide bonds. The predicted octanol–water partition coefficient (Wildman–Crippen LogP) is 5.00. The van der Waals surface area contributed by atoms with Crippen LogP contribution in [0.5, 0.6) is 0 Å². The molecular weight excluding hydrogens is 608 g/mol. The van der Waals surface area contributed by atoms with Gasteiger partial charge in [-0.05, 0) is 62.1 Å². The number of aromatic nitrogens is 4. The van der Waals surface area contributed by atoms with Crippen molar-refractivity contribution in [1.29, 1.82) is 0 Å². The number of carboxylic acids is 1. The summed E-state index contributed by atoms with van der Waals surface area (Å²) in [7, 11) is -4.44. The molecule has 0 spiro atoms. The van der Waals surface area contributed by atoms with Crippen LogP contribution in [0, 0.1) is 5.41 Å². The van der Waals surface area contributed by atoms with E-state index in [1.807, 2.05) is 0 Å². The molecule has 46 heavy (non-hydrogen) atoms. The lowest BCUT2D eigenvalue weighted by Gasteiger charge is -2.37. The summed E-state index contributed by atoms with van der Waals surface area (Å²) in [6.45, 7) is 9.94. The Kier molecular flexibility index (Phi) is 9.59. The van der Waals surface area contributed by atoms with E-state index >= 15 is 0 Å². The molecule has 1 aromatic carbocycles. The molecule has 3 N–H and O–H groups in total. The molecular formula is C33H38N6O6S. The van der Waals surface area contributed by atoms with Crippen LogP contribution in [0.4, 0.5) is 10.6 Å². The van der Waals surface area contributed by atoms with E-state index in [4.69, 9.17) is 10.5 Å². The van der Waals surface area contributed by atoms with Gasteiger partial charge in [-0.15, -0.1) is 0 Å². The first-order valence-electron chi connectivity index (χ1n) is 14.5. The summed E-state index contributed by atoms with van der Waals surface area (Å²) in [6, 6.07) is 16.0. The fourth-order valence-corrected chi connectivity index (χ4v) is 6.42. The maximum absolute atomic E-state index is 14.3. The van der Waals surface area contributed by atoms with Gasteiger partial charge >= 0.3 is 12.1 Å². The van der Waals surface area contributed by atoms with Crippen LogP contribution >= 0.6 is 0 Å². The van der Waals surface area contributed by atoms with Crippen molar-refractivity contribution in [3.8, 4) is 11.4 Å². The summed E-state index contributed by atoms with van der Waals surface area (Å²) in [5.74, 6) is -0.942. The summed E-state index contributed by atoms with van der Waals surface area (Å²) in [5, 5.41) is 10.0. The standard InChI is InChI=1S/C33H38N6O6S/c1-31(2,3)27(29(40)41)39(30(42)45-32(4,5)6)25-12-9-11-24(38-25)33(34,46(43,44)26-13-7-8-18-35-26)21-22-14-16-23(17-15-22)28-36-19-10-20-37-28/h7-20,27H,21,34H2,1-6H3,(H,40,41). The smallest absolute Gasteiger partial charge is 0.416 e. The fraction of sp³-hybridized carbons (Fsp3) is 0.333. The third kappa shape index (κ3) is 7.37. The number of hydrogen-bond donors (Lipinski definition) is 2. The molecule has 0 aliphatic heterocycles. The number of carbonyl (C=O) groups is 2. The number of pyridine rings is 2. The van der Waals surface area contributed by atoms with Crippen LogP contribution in [-0.2, 0) is 30.7 Å². The van der Waals surface area contributed by atoms with Crippen molar-refractivity contribution in [3.05, 3.63) is 96.6 Å². The SMILES string of the molecule is CC(C)(C)OC(=O)N(c1cccc(C(N)(Cc2ccc(-c3ncccn3)cc2)S(=O)(=O)c2ccccn2)n1)C(C(=O)O)C(C)(C)C. The molecule has 0 bridgehead atoms. The zero-order valence-corrected chi connectivity index (χ0v) is 27.4. The first kappa shape index (κ1) is 34.1. The molecule has 2 atom stereocenters. The Morgan fingerprint density at radius 3 is 2.04 bits per heavy atom. The molecule has 12 nitrogen and oxygen atoms in total. The quantitative estimate of drug-likeness (QED) is 0.250. The molecule has 0 aliphatic carbocycles. The van der Waals surface area contributed by atoms with Crippen LogP contribution in [0.3, 0.4) is 0 Å². The summed E-state index contributed by atoms with van der Waals surface area (Å²) in [6.07, 6.45) is 3.37. The van der Waals surface area contributed by atoms with Gasteiger partial charge in [0.1, 0.15) is 17.5 Å². The lowest BCUT2D eigenvalue weighted by molar-refractivity contribution is -0.141. The largest absolute Gasteiger partial charge is 0.480 e. The van der Waals surface area contributed by atoms with E-state index in [-0.39, 0.29) is 23.0 Å². The minimum Gasteiger partial charge on any atom is -0.480 e. The van der Waals surface area contributed by atoms with Gasteiger partial charge < -0.3 is 15.6 Å². The second kappa shape index (κ2) is 12.9. The summed E-state index contributed by atoms with van der Waals surface area (Å²) >= 11 is 0. The van der Waals surface area contributed by atoms with Gasteiger partial charge in [0.05, 0.1) is 5.69 Å². The van der Waals surface area contributed by atoms with E-state index < -0.39 is 43.8 Å². The second-order valence-corrected chi connectivity index (χ2v) is 15.0. The van der Waals surface area contributed by atoms with Gasteiger partial charge in [-0.3, -0.25) is 0 Å². The lowest BCUT2D eigenvalue weighted by atomic mass is 9.85. The average Bonchev–Trinajstić information content (AvgIpc) is 2.99. The minimum absolute atomic E-state index is 0.127. The van der Waals surface area contributed by atoms with Crippen LogP contribution in [0.15, 0.2) is 90.3 Å². The van der Waals surface area contributed by atoms with E-state index in [1.165, 1.54) is 36.5 Å². The Labute approximate surface area is 268 Å². The van der Waals surface area contributed by atoms with Gasteiger partial charge in [-0.25, -0.2) is 42.8 Å². The van der Waals surface area contributed by atoms with Crippen molar-refractivity contribution in [2.24, 2.45) is 11.1 Å². The average molecular weight is 647 g/mol. The Bertz CT molecular complexity index is 1790. The zero-order valence-electron chi connectivity index (χ0n) is 26.6. The van der Waals surface area contributed by atoms with Crippen molar-refractivity contribution < 1.29 is 27.9 Å². The number of ether oxygens (including phenoxy) is 1. The Morgan fingerprint density at radius 2 is 1.50 bits per heavy atom. The van der Waals surface area contributed by atoms with E-state index in [1.54, 1.807) is 90.3 Å². The first-order chi connectivity index (χ1) is 21.4. The van der Waals surface area contributed by atoms with Crippen molar-refractivity contribution >= 4 is 27.7 Å². The highest BCUT2D eigenvalue weighted by atomic mass is 32.2. The second-order valence-electron chi connectivity index (χ2n) is 12.8. The predicted molar refractivity (Wildman–Crippen MR) is 172 cm³/mol. The number of benzene rings is 1. The van der Waals surface area contributed by atoms with E-state index in [2.05, 4.69) is 19.9 Å². The number of amides is 1. The van der Waals surface area contributed by atoms with Gasteiger partial charge in [0, 0.05) is 30.6 Å². The number of hydrogen-bond acceptors (Lipinski definition) is 10. The van der Waals surface area contributed by atoms with E-state index in [0.29, 0.717) is 11.4 Å². The number of sulfone groups is 1. The van der Waals surface area contributed by atoms with Crippen molar-refractivity contribution in [3.63, 3.8) is 0 Å². The highest BCUT2D eigenvalue weighted by Gasteiger charge is 2.47. The van der Waals surface area contributed by atoms with Crippen LogP contribution < -0.4 is 10.6 Å². The molecule has 4 aromatic rings. The van der Waals surface area contributed by atoms with Crippen LogP contribution in [0.1, 0.15) is 52.8 Å². The van der Waals surface area contributed by atoms with E-state index in [0.717, 1.165) is 10.5 Å². The number of anilines is 1. The van der Waals surface area contributed by atoms with Crippen LogP contribution in [-0.4, -0.2) is 57.2 Å². The van der Waals surface area contributed by atoms with Crippen molar-refractivity contribution in [2.45, 2.75) is 69.5 Å². The fourth-order valence-electron chi connectivity index (χ4n) is 4.84. The molecule has 2 unspecified atom stereocenters. The van der Waals surface area contributed by atoms with Crippen molar-refractivity contribution in [2.75, 3.05) is 4.90 Å². The van der Waals surface area contributed by atoms with Gasteiger partial charge in [-0.2, -0.15) is 0 Å². The number of aliphatic carboxylic acids is 1. The Balaban J connectivity index is 1.89. The molecule has 0 saturated carbocycles. The summed E-state index contributed by atoms with van der Waals surface area (Å²) < 4.78 is 34.2. The number of nitrogens with zero attached hydrogens (tertiary/aromatic N) is 5. The van der Waals surface area contributed by atoms with Gasteiger partial charge in [-0.1, -0.05) is 57.2 Å². The molecule has 242 valence electrons. The van der Waals surface area contributed by atoms with Crippen LogP contribution in [0.2, 0.25) is 0 Å². The number of carbonyl (C=O) groups excluding carboxylic acids is 1. The molecule has 0 fully saturated rings.